The first-order valence-electron chi connectivity index (χ1n) is 8.49. The lowest BCUT2D eigenvalue weighted by molar-refractivity contribution is -0.118. The number of carbonyl (C=O) groups is 1. The van der Waals surface area contributed by atoms with Crippen LogP contribution in [0, 0.1) is 5.82 Å². The number of hydrogen-bond donors (Lipinski definition) is 2. The molecule has 2 N–H and O–H groups in total. The van der Waals surface area contributed by atoms with E-state index in [0.717, 1.165) is 11.1 Å². The van der Waals surface area contributed by atoms with Crippen LogP contribution in [0.1, 0.15) is 17.2 Å². The minimum Gasteiger partial charge on any atom is -0.481 e. The van der Waals surface area contributed by atoms with Gasteiger partial charge in [-0.2, -0.15) is 0 Å². The van der Waals surface area contributed by atoms with E-state index in [2.05, 4.69) is 15.6 Å². The summed E-state index contributed by atoms with van der Waals surface area (Å²) in [5.74, 6) is -0.0422. The van der Waals surface area contributed by atoms with Crippen molar-refractivity contribution in [2.75, 3.05) is 12.4 Å². The second-order valence-electron chi connectivity index (χ2n) is 5.93. The number of hydrogen-bond acceptors (Lipinski definition) is 4. The number of pyridine rings is 1. The maximum absolute atomic E-state index is 13.1. The maximum atomic E-state index is 13.1. The molecule has 0 bridgehead atoms. The van der Waals surface area contributed by atoms with Gasteiger partial charge in [0.15, 0.2) is 0 Å². The van der Waals surface area contributed by atoms with Crippen LogP contribution in [-0.4, -0.2) is 18.0 Å². The van der Waals surface area contributed by atoms with Crippen molar-refractivity contribution >= 4 is 11.6 Å². The van der Waals surface area contributed by atoms with Crippen molar-refractivity contribution in [3.05, 3.63) is 89.9 Å². The Hall–Kier alpha value is -3.25. The Morgan fingerprint density at radius 3 is 2.44 bits per heavy atom. The van der Waals surface area contributed by atoms with Gasteiger partial charge in [0.1, 0.15) is 11.9 Å². The van der Waals surface area contributed by atoms with Crippen molar-refractivity contribution in [1.29, 1.82) is 0 Å². The summed E-state index contributed by atoms with van der Waals surface area (Å²) < 4.78 is 18.1. The number of benzene rings is 2. The predicted molar refractivity (Wildman–Crippen MR) is 102 cm³/mol. The van der Waals surface area contributed by atoms with Crippen LogP contribution in [-0.2, 0) is 11.3 Å². The number of halogens is 1. The number of methoxy groups -OCH3 is 1. The molecule has 0 aliphatic heterocycles. The lowest BCUT2D eigenvalue weighted by atomic mass is 10.1. The van der Waals surface area contributed by atoms with Crippen LogP contribution in [0.25, 0.3) is 0 Å². The molecule has 0 saturated carbocycles. The fraction of sp³-hybridized carbons (Fsp3) is 0.143. The number of anilines is 1. The summed E-state index contributed by atoms with van der Waals surface area (Å²) in [5, 5.41) is 6.07. The lowest BCUT2D eigenvalue weighted by Gasteiger charge is -2.19. The van der Waals surface area contributed by atoms with Crippen molar-refractivity contribution in [2.45, 2.75) is 12.6 Å². The average molecular weight is 365 g/mol. The van der Waals surface area contributed by atoms with Gasteiger partial charge in [0.05, 0.1) is 7.11 Å². The zero-order valence-electron chi connectivity index (χ0n) is 14.9. The molecule has 1 amide bonds. The minimum absolute atomic E-state index is 0.228. The average Bonchev–Trinajstić information content (AvgIpc) is 2.71. The van der Waals surface area contributed by atoms with E-state index in [9.17, 15) is 9.18 Å². The molecular weight excluding hydrogens is 345 g/mol. The molecule has 1 heterocycles. The highest BCUT2D eigenvalue weighted by molar-refractivity contribution is 5.95. The van der Waals surface area contributed by atoms with E-state index >= 15 is 0 Å². The van der Waals surface area contributed by atoms with Gasteiger partial charge in [0.25, 0.3) is 0 Å². The molecule has 0 aliphatic rings. The Bertz CT molecular complexity index is 868. The van der Waals surface area contributed by atoms with Crippen molar-refractivity contribution in [2.24, 2.45) is 0 Å². The summed E-state index contributed by atoms with van der Waals surface area (Å²) in [6.07, 6.45) is 1.70. The fourth-order valence-corrected chi connectivity index (χ4v) is 2.61. The van der Waals surface area contributed by atoms with Crippen molar-refractivity contribution in [3.63, 3.8) is 0 Å². The normalized spacial score (nSPS) is 11.6. The Morgan fingerprint density at radius 1 is 1.07 bits per heavy atom. The summed E-state index contributed by atoms with van der Waals surface area (Å²) in [7, 11) is 1.56. The number of amides is 1. The number of rotatable bonds is 7. The van der Waals surface area contributed by atoms with Gasteiger partial charge in [-0.1, -0.05) is 36.4 Å². The Balaban J connectivity index is 1.74. The monoisotopic (exact) mass is 365 g/mol. The molecule has 2 aromatic carbocycles. The first kappa shape index (κ1) is 18.5. The van der Waals surface area contributed by atoms with E-state index < -0.39 is 6.04 Å². The van der Waals surface area contributed by atoms with Gasteiger partial charge >= 0.3 is 0 Å². The van der Waals surface area contributed by atoms with Crippen LogP contribution in [0.2, 0.25) is 0 Å². The minimum atomic E-state index is -0.571. The summed E-state index contributed by atoms with van der Waals surface area (Å²) in [6, 6.07) is 18.2. The zero-order valence-corrected chi connectivity index (χ0v) is 14.9. The van der Waals surface area contributed by atoms with Gasteiger partial charge in [-0.3, -0.25) is 10.1 Å². The summed E-state index contributed by atoms with van der Waals surface area (Å²) >= 11 is 0. The van der Waals surface area contributed by atoms with Gasteiger partial charge < -0.3 is 10.1 Å². The number of nitrogens with zero attached hydrogens (tertiary/aromatic N) is 1. The molecule has 0 aliphatic carbocycles. The molecule has 1 unspecified atom stereocenters. The van der Waals surface area contributed by atoms with Crippen LogP contribution < -0.4 is 15.4 Å². The second kappa shape index (κ2) is 8.91. The van der Waals surface area contributed by atoms with Gasteiger partial charge in [-0.25, -0.2) is 9.37 Å². The topological polar surface area (TPSA) is 63.2 Å². The van der Waals surface area contributed by atoms with Crippen molar-refractivity contribution < 1.29 is 13.9 Å². The molecule has 0 fully saturated rings. The molecule has 3 rings (SSSR count). The molecule has 0 saturated heterocycles. The maximum Gasteiger partial charge on any atom is 0.246 e. The van der Waals surface area contributed by atoms with Crippen LogP contribution in [0.4, 0.5) is 10.1 Å². The van der Waals surface area contributed by atoms with Crippen LogP contribution in [0.3, 0.4) is 0 Å². The predicted octanol–water partition coefficient (Wildman–Crippen LogP) is 3.70. The Morgan fingerprint density at radius 2 is 1.81 bits per heavy atom. The fourth-order valence-electron chi connectivity index (χ4n) is 2.61. The van der Waals surface area contributed by atoms with Gasteiger partial charge in [0.2, 0.25) is 11.8 Å². The highest BCUT2D eigenvalue weighted by Crippen LogP contribution is 2.17. The quantitative estimate of drug-likeness (QED) is 0.670. The number of aromatic nitrogens is 1. The number of nitrogens with one attached hydrogen (secondary N) is 2. The van der Waals surface area contributed by atoms with E-state index in [1.165, 1.54) is 24.3 Å². The summed E-state index contributed by atoms with van der Waals surface area (Å²) in [4.78, 5) is 17.0. The zero-order chi connectivity index (χ0) is 19.1. The summed E-state index contributed by atoms with van der Waals surface area (Å²) in [5.41, 5.74) is 2.29. The third-order valence-electron chi connectivity index (χ3n) is 4.02. The molecule has 0 radical (unpaired) electrons. The molecule has 1 aromatic heterocycles. The van der Waals surface area contributed by atoms with E-state index in [-0.39, 0.29) is 11.7 Å². The van der Waals surface area contributed by atoms with Crippen molar-refractivity contribution in [3.8, 4) is 5.88 Å². The largest absolute Gasteiger partial charge is 0.481 e. The lowest BCUT2D eigenvalue weighted by Crippen LogP contribution is -2.32. The van der Waals surface area contributed by atoms with Gasteiger partial charge in [0, 0.05) is 24.5 Å². The first-order valence-corrected chi connectivity index (χ1v) is 8.49. The third kappa shape index (κ3) is 5.12. The molecule has 3 aromatic rings. The first-order chi connectivity index (χ1) is 13.2. The molecule has 6 heteroatoms. The molecule has 1 atom stereocenters. The third-order valence-corrected chi connectivity index (χ3v) is 4.02. The number of ether oxygens (including phenoxy) is 1. The molecule has 27 heavy (non-hydrogen) atoms. The van der Waals surface area contributed by atoms with E-state index in [1.807, 2.05) is 36.4 Å². The SMILES string of the molecule is COc1ccc(CNC(C(=O)Nc2ccc(F)cc2)c2ccccc2)cn1. The molecule has 5 nitrogen and oxygen atoms in total. The van der Waals surface area contributed by atoms with Crippen LogP contribution >= 0.6 is 0 Å². The van der Waals surface area contributed by atoms with E-state index in [1.54, 1.807) is 19.4 Å². The van der Waals surface area contributed by atoms with E-state index in [4.69, 9.17) is 4.74 Å². The van der Waals surface area contributed by atoms with Crippen molar-refractivity contribution in [1.82, 2.24) is 10.3 Å². The Labute approximate surface area is 157 Å². The van der Waals surface area contributed by atoms with Crippen LogP contribution in [0.15, 0.2) is 72.9 Å². The Kier molecular flexibility index (Phi) is 6.12. The van der Waals surface area contributed by atoms with Crippen LogP contribution in [0.5, 0.6) is 5.88 Å². The highest BCUT2D eigenvalue weighted by atomic mass is 19.1. The second-order valence-corrected chi connectivity index (χ2v) is 5.93. The smallest absolute Gasteiger partial charge is 0.246 e. The molecule has 138 valence electrons. The van der Waals surface area contributed by atoms with Gasteiger partial charge in [-0.15, -0.1) is 0 Å². The van der Waals surface area contributed by atoms with E-state index in [0.29, 0.717) is 18.1 Å². The highest BCUT2D eigenvalue weighted by Gasteiger charge is 2.20. The molecule has 0 spiro atoms. The molecular formula is C21H20FN3O2. The standard InChI is InChI=1S/C21H20FN3O2/c1-27-19-12-7-15(13-23-19)14-24-20(16-5-3-2-4-6-16)21(26)25-18-10-8-17(22)9-11-18/h2-13,20,24H,14H2,1H3,(H,25,26). The van der Waals surface area contributed by atoms with Gasteiger partial charge in [-0.05, 0) is 35.4 Å². The number of carbonyl (C=O) groups excluding carboxylic acids is 1. The summed E-state index contributed by atoms with van der Waals surface area (Å²) in [6.45, 7) is 0.452.